The van der Waals surface area contributed by atoms with Crippen molar-refractivity contribution in [2.45, 2.75) is 27.2 Å². The first kappa shape index (κ1) is 13.5. The molecule has 0 fully saturated rings. The summed E-state index contributed by atoms with van der Waals surface area (Å²) in [5, 5.41) is 4.37. The minimum absolute atomic E-state index is 0.205. The van der Waals surface area contributed by atoms with Gasteiger partial charge in [-0.25, -0.2) is 4.39 Å². The van der Waals surface area contributed by atoms with Crippen molar-refractivity contribution in [3.05, 3.63) is 32.8 Å². The van der Waals surface area contributed by atoms with Crippen LogP contribution in [0, 0.1) is 16.3 Å². The van der Waals surface area contributed by atoms with Gasteiger partial charge in [0, 0.05) is 23.3 Å². The quantitative estimate of drug-likeness (QED) is 0.829. The maximum absolute atomic E-state index is 13.6. The van der Waals surface area contributed by atoms with Crippen molar-refractivity contribution < 1.29 is 4.39 Å². The molecule has 18 heavy (non-hydrogen) atoms. The molecule has 1 heterocycles. The molecule has 0 aliphatic carbocycles. The van der Waals surface area contributed by atoms with Crippen LogP contribution in [0.1, 0.15) is 25.1 Å². The summed E-state index contributed by atoms with van der Waals surface area (Å²) >= 11 is 2.03. The minimum Gasteiger partial charge on any atom is -0.385 e. The lowest BCUT2D eigenvalue weighted by molar-refractivity contribution is 0.622. The maximum atomic E-state index is 13.6. The van der Waals surface area contributed by atoms with Crippen LogP contribution in [0.4, 0.5) is 10.1 Å². The summed E-state index contributed by atoms with van der Waals surface area (Å²) in [5.74, 6) is -0.205. The van der Waals surface area contributed by atoms with E-state index in [1.165, 1.54) is 6.07 Å². The minimum atomic E-state index is -0.205. The van der Waals surface area contributed by atoms with Crippen molar-refractivity contribution in [3.8, 4) is 0 Å². The van der Waals surface area contributed by atoms with Crippen molar-refractivity contribution in [3.63, 3.8) is 0 Å². The van der Waals surface area contributed by atoms with Crippen molar-refractivity contribution in [1.82, 2.24) is 4.98 Å². The van der Waals surface area contributed by atoms with Gasteiger partial charge in [-0.1, -0.05) is 6.92 Å². The fourth-order valence-corrected chi connectivity index (χ4v) is 2.76. The van der Waals surface area contributed by atoms with E-state index in [0.717, 1.165) is 40.8 Å². The predicted molar refractivity (Wildman–Crippen MR) is 82.7 cm³/mol. The standard InChI is InChI=1S/C14H16FIN2/c1-4-11-8(3)13(17-5-2)9-6-7-10(15)12(16)14(9)18-11/h6-7H,4-5H2,1-3H3,(H,17,18). The van der Waals surface area contributed by atoms with Crippen LogP contribution in [0.5, 0.6) is 0 Å². The van der Waals surface area contributed by atoms with Gasteiger partial charge in [0.25, 0.3) is 0 Å². The molecule has 0 radical (unpaired) electrons. The number of nitrogens with zero attached hydrogens (tertiary/aromatic N) is 1. The molecule has 0 bridgehead atoms. The van der Waals surface area contributed by atoms with Crippen LogP contribution in [-0.4, -0.2) is 11.5 Å². The summed E-state index contributed by atoms with van der Waals surface area (Å²) in [6.07, 6.45) is 0.854. The number of pyridine rings is 1. The van der Waals surface area contributed by atoms with Crippen LogP contribution in [0.15, 0.2) is 12.1 Å². The molecule has 2 rings (SSSR count). The summed E-state index contributed by atoms with van der Waals surface area (Å²) in [4.78, 5) is 4.61. The number of aryl methyl sites for hydroxylation is 1. The van der Waals surface area contributed by atoms with Crippen LogP contribution in [-0.2, 0) is 6.42 Å². The Hall–Kier alpha value is -0.910. The third-order valence-corrected chi connectivity index (χ3v) is 4.11. The molecule has 2 aromatic rings. The lowest BCUT2D eigenvalue weighted by Crippen LogP contribution is -2.05. The average Bonchev–Trinajstić information content (AvgIpc) is 2.37. The SMILES string of the molecule is CCNc1c(C)c(CC)nc2c(I)c(F)ccc12. The lowest BCUT2D eigenvalue weighted by Gasteiger charge is -2.15. The van der Waals surface area contributed by atoms with Gasteiger partial charge < -0.3 is 5.32 Å². The van der Waals surface area contributed by atoms with E-state index in [2.05, 4.69) is 31.1 Å². The summed E-state index contributed by atoms with van der Waals surface area (Å²) in [6, 6.07) is 3.32. The zero-order valence-corrected chi connectivity index (χ0v) is 12.9. The Kier molecular flexibility index (Phi) is 4.04. The summed E-state index contributed by atoms with van der Waals surface area (Å²) < 4.78 is 14.2. The highest BCUT2D eigenvalue weighted by Crippen LogP contribution is 2.31. The van der Waals surface area contributed by atoms with Gasteiger partial charge in [-0.3, -0.25) is 4.98 Å². The van der Waals surface area contributed by atoms with Crippen molar-refractivity contribution in [1.29, 1.82) is 0 Å². The average molecular weight is 358 g/mol. The largest absolute Gasteiger partial charge is 0.385 e. The Bertz CT molecular complexity index is 596. The molecule has 0 aliphatic heterocycles. The third kappa shape index (κ3) is 2.18. The molecular weight excluding hydrogens is 342 g/mol. The number of nitrogens with one attached hydrogen (secondary N) is 1. The Morgan fingerprint density at radius 3 is 2.67 bits per heavy atom. The van der Waals surface area contributed by atoms with Crippen LogP contribution >= 0.6 is 22.6 Å². The predicted octanol–water partition coefficient (Wildman–Crippen LogP) is 4.28. The molecule has 0 amide bonds. The Morgan fingerprint density at radius 2 is 2.06 bits per heavy atom. The molecule has 96 valence electrons. The highest BCUT2D eigenvalue weighted by molar-refractivity contribution is 14.1. The summed E-state index contributed by atoms with van der Waals surface area (Å²) in [7, 11) is 0. The van der Waals surface area contributed by atoms with E-state index in [4.69, 9.17) is 0 Å². The van der Waals surface area contributed by atoms with Crippen molar-refractivity contribution in [2.24, 2.45) is 0 Å². The van der Waals surface area contributed by atoms with Crippen LogP contribution in [0.25, 0.3) is 10.9 Å². The second kappa shape index (κ2) is 5.38. The van der Waals surface area contributed by atoms with Gasteiger partial charge in [0.2, 0.25) is 0 Å². The molecule has 4 heteroatoms. The van der Waals surface area contributed by atoms with Crippen LogP contribution < -0.4 is 5.32 Å². The molecule has 0 aliphatic rings. The first-order valence-corrected chi connectivity index (χ1v) is 7.19. The van der Waals surface area contributed by atoms with E-state index in [1.807, 2.05) is 28.7 Å². The number of anilines is 1. The molecular formula is C14H16FIN2. The highest BCUT2D eigenvalue weighted by Gasteiger charge is 2.14. The monoisotopic (exact) mass is 358 g/mol. The van der Waals surface area contributed by atoms with Crippen LogP contribution in [0.2, 0.25) is 0 Å². The molecule has 1 aromatic carbocycles. The van der Waals surface area contributed by atoms with Gasteiger partial charge in [0.1, 0.15) is 5.82 Å². The molecule has 2 nitrogen and oxygen atoms in total. The number of rotatable bonds is 3. The molecule has 0 unspecified atom stereocenters. The summed E-state index contributed by atoms with van der Waals surface area (Å²) in [5.41, 5.74) is 4.03. The van der Waals surface area contributed by atoms with Gasteiger partial charge in [-0.05, 0) is 60.6 Å². The molecule has 0 atom stereocenters. The number of aromatic nitrogens is 1. The van der Waals surface area contributed by atoms with Gasteiger partial charge in [-0.15, -0.1) is 0 Å². The van der Waals surface area contributed by atoms with Gasteiger partial charge >= 0.3 is 0 Å². The van der Waals surface area contributed by atoms with E-state index in [1.54, 1.807) is 0 Å². The zero-order valence-electron chi connectivity index (χ0n) is 10.8. The van der Waals surface area contributed by atoms with Gasteiger partial charge in [-0.2, -0.15) is 0 Å². The number of hydrogen-bond acceptors (Lipinski definition) is 2. The number of halogens is 2. The van der Waals surface area contributed by atoms with E-state index < -0.39 is 0 Å². The molecule has 0 saturated carbocycles. The Morgan fingerprint density at radius 1 is 1.33 bits per heavy atom. The van der Waals surface area contributed by atoms with Crippen LogP contribution in [0.3, 0.4) is 0 Å². The third-order valence-electron chi connectivity index (χ3n) is 3.08. The molecule has 1 N–H and O–H groups in total. The van der Waals surface area contributed by atoms with E-state index in [0.29, 0.717) is 3.57 Å². The second-order valence-corrected chi connectivity index (χ2v) is 5.28. The van der Waals surface area contributed by atoms with Crippen molar-refractivity contribution in [2.75, 3.05) is 11.9 Å². The normalized spacial score (nSPS) is 10.9. The first-order valence-electron chi connectivity index (χ1n) is 6.11. The number of hydrogen-bond donors (Lipinski definition) is 1. The smallest absolute Gasteiger partial charge is 0.138 e. The highest BCUT2D eigenvalue weighted by atomic mass is 127. The Labute approximate surface area is 120 Å². The number of benzene rings is 1. The second-order valence-electron chi connectivity index (χ2n) is 4.20. The van der Waals surface area contributed by atoms with Gasteiger partial charge in [0.05, 0.1) is 9.09 Å². The molecule has 0 spiro atoms. The van der Waals surface area contributed by atoms with Crippen molar-refractivity contribution >= 4 is 39.2 Å². The fraction of sp³-hybridized carbons (Fsp3) is 0.357. The van der Waals surface area contributed by atoms with Gasteiger partial charge in [0.15, 0.2) is 0 Å². The first-order chi connectivity index (χ1) is 8.60. The maximum Gasteiger partial charge on any atom is 0.138 e. The lowest BCUT2D eigenvalue weighted by atomic mass is 10.1. The topological polar surface area (TPSA) is 24.9 Å². The molecule has 0 saturated heterocycles. The summed E-state index contributed by atoms with van der Waals surface area (Å²) in [6.45, 7) is 7.05. The Balaban J connectivity index is 2.85. The van der Waals surface area contributed by atoms with E-state index >= 15 is 0 Å². The number of fused-ring (bicyclic) bond motifs is 1. The van der Waals surface area contributed by atoms with E-state index in [9.17, 15) is 4.39 Å². The molecule has 1 aromatic heterocycles. The van der Waals surface area contributed by atoms with E-state index in [-0.39, 0.29) is 5.82 Å². The zero-order chi connectivity index (χ0) is 13.3. The fourth-order valence-electron chi connectivity index (χ4n) is 2.16.